The summed E-state index contributed by atoms with van der Waals surface area (Å²) in [7, 11) is 0. The smallest absolute Gasteiger partial charge is 0.153 e. The van der Waals surface area contributed by atoms with E-state index >= 15 is 0 Å². The maximum atomic E-state index is 6.14. The number of hydrogen-bond acceptors (Lipinski definition) is 2. The Morgan fingerprint density at radius 1 is 1.25 bits per heavy atom. The third-order valence-electron chi connectivity index (χ3n) is 4.23. The second-order valence-corrected chi connectivity index (χ2v) is 5.87. The highest BCUT2D eigenvalue weighted by Gasteiger charge is 2.37. The Balaban J connectivity index is 1.90. The van der Waals surface area contributed by atoms with E-state index in [1.54, 1.807) is 0 Å². The summed E-state index contributed by atoms with van der Waals surface area (Å²) in [5.41, 5.74) is 5.06. The van der Waals surface area contributed by atoms with Crippen LogP contribution < -0.4 is 0 Å². The van der Waals surface area contributed by atoms with E-state index in [0.717, 1.165) is 13.1 Å². The van der Waals surface area contributed by atoms with Crippen LogP contribution in [-0.2, 0) is 11.3 Å². The Kier molecular flexibility index (Phi) is 2.88. The highest BCUT2D eigenvalue weighted by molar-refractivity contribution is 6.18. The van der Waals surface area contributed by atoms with Gasteiger partial charge in [-0.3, -0.25) is 4.90 Å². The molecule has 2 aliphatic rings. The van der Waals surface area contributed by atoms with Crippen LogP contribution in [0.15, 0.2) is 36.4 Å². The Bertz CT molecular complexity index is 652. The summed E-state index contributed by atoms with van der Waals surface area (Å²) >= 11 is 5.99. The standard InChI is InChI=1S/C16H17ClN2O/c1-11-6-7-15-16-18(10-13(8-17)20-16)9-12-4-2-3-5-14(12)19(11)15/h2-7,13,16H,8-10H2,1H3. The zero-order valence-electron chi connectivity index (χ0n) is 11.4. The lowest BCUT2D eigenvalue weighted by Gasteiger charge is -2.19. The van der Waals surface area contributed by atoms with Crippen molar-refractivity contribution in [2.24, 2.45) is 0 Å². The summed E-state index contributed by atoms with van der Waals surface area (Å²) in [6.45, 7) is 3.95. The van der Waals surface area contributed by atoms with E-state index in [1.807, 2.05) is 0 Å². The fraction of sp³-hybridized carbons (Fsp3) is 0.375. The van der Waals surface area contributed by atoms with E-state index in [2.05, 4.69) is 52.8 Å². The number of rotatable bonds is 1. The Morgan fingerprint density at radius 2 is 2.10 bits per heavy atom. The van der Waals surface area contributed by atoms with E-state index in [4.69, 9.17) is 16.3 Å². The first-order chi connectivity index (χ1) is 9.78. The van der Waals surface area contributed by atoms with Gasteiger partial charge in [-0.15, -0.1) is 11.6 Å². The Morgan fingerprint density at radius 3 is 2.95 bits per heavy atom. The minimum absolute atomic E-state index is 0.0137. The van der Waals surface area contributed by atoms with Crippen molar-refractivity contribution in [1.29, 1.82) is 0 Å². The molecule has 4 rings (SSSR count). The third kappa shape index (κ3) is 1.74. The van der Waals surface area contributed by atoms with Crippen molar-refractivity contribution >= 4 is 11.6 Å². The average Bonchev–Trinajstić information content (AvgIpc) is 3.00. The fourth-order valence-corrected chi connectivity index (χ4v) is 3.49. The van der Waals surface area contributed by atoms with Gasteiger partial charge >= 0.3 is 0 Å². The topological polar surface area (TPSA) is 17.4 Å². The number of nitrogens with zero attached hydrogens (tertiary/aromatic N) is 2. The number of ether oxygens (including phenoxy) is 1. The minimum Gasteiger partial charge on any atom is -0.351 e. The van der Waals surface area contributed by atoms with Crippen molar-refractivity contribution in [2.45, 2.75) is 25.8 Å². The van der Waals surface area contributed by atoms with Gasteiger partial charge in [0.15, 0.2) is 6.23 Å². The van der Waals surface area contributed by atoms with Crippen LogP contribution in [0.4, 0.5) is 0 Å². The second-order valence-electron chi connectivity index (χ2n) is 5.56. The first kappa shape index (κ1) is 12.5. The molecule has 1 aromatic carbocycles. The molecule has 1 fully saturated rings. The Labute approximate surface area is 123 Å². The molecule has 2 aromatic rings. The van der Waals surface area contributed by atoms with Gasteiger partial charge in [0.2, 0.25) is 0 Å². The molecule has 0 radical (unpaired) electrons. The molecule has 4 heteroatoms. The monoisotopic (exact) mass is 288 g/mol. The number of aryl methyl sites for hydroxylation is 1. The van der Waals surface area contributed by atoms with Gasteiger partial charge in [0.05, 0.1) is 17.5 Å². The number of aromatic nitrogens is 1. The van der Waals surface area contributed by atoms with E-state index in [0.29, 0.717) is 5.88 Å². The third-order valence-corrected chi connectivity index (χ3v) is 4.57. The predicted octanol–water partition coefficient (Wildman–Crippen LogP) is 3.24. The van der Waals surface area contributed by atoms with Crippen LogP contribution in [0, 0.1) is 6.92 Å². The first-order valence-electron chi connectivity index (χ1n) is 7.00. The summed E-state index contributed by atoms with van der Waals surface area (Å²) in [4.78, 5) is 2.38. The van der Waals surface area contributed by atoms with Crippen molar-refractivity contribution in [1.82, 2.24) is 9.47 Å². The molecule has 0 amide bonds. The molecule has 0 N–H and O–H groups in total. The zero-order chi connectivity index (χ0) is 13.7. The molecule has 2 atom stereocenters. The molecule has 0 spiro atoms. The van der Waals surface area contributed by atoms with Crippen LogP contribution in [0.1, 0.15) is 23.2 Å². The molecule has 1 aromatic heterocycles. The normalized spacial score (nSPS) is 24.9. The largest absolute Gasteiger partial charge is 0.351 e. The molecule has 2 aliphatic heterocycles. The van der Waals surface area contributed by atoms with Gasteiger partial charge < -0.3 is 9.30 Å². The molecule has 20 heavy (non-hydrogen) atoms. The molecule has 2 unspecified atom stereocenters. The van der Waals surface area contributed by atoms with Crippen molar-refractivity contribution in [3.05, 3.63) is 53.3 Å². The average molecular weight is 289 g/mol. The van der Waals surface area contributed by atoms with E-state index in [1.165, 1.54) is 22.6 Å². The Hall–Kier alpha value is -1.29. The number of halogens is 1. The van der Waals surface area contributed by atoms with E-state index < -0.39 is 0 Å². The zero-order valence-corrected chi connectivity index (χ0v) is 12.2. The summed E-state index contributed by atoms with van der Waals surface area (Å²) < 4.78 is 8.45. The summed E-state index contributed by atoms with van der Waals surface area (Å²) in [5.74, 6) is 0.550. The van der Waals surface area contributed by atoms with Gasteiger partial charge in [-0.25, -0.2) is 0 Å². The van der Waals surface area contributed by atoms with Crippen LogP contribution >= 0.6 is 11.6 Å². The lowest BCUT2D eigenvalue weighted by atomic mass is 10.1. The van der Waals surface area contributed by atoms with E-state index in [-0.39, 0.29) is 12.3 Å². The highest BCUT2D eigenvalue weighted by atomic mass is 35.5. The molecule has 1 saturated heterocycles. The van der Waals surface area contributed by atoms with Gasteiger partial charge in [-0.1, -0.05) is 18.2 Å². The van der Waals surface area contributed by atoms with Crippen molar-refractivity contribution in [3.8, 4) is 5.69 Å². The minimum atomic E-state index is 0.0137. The van der Waals surface area contributed by atoms with E-state index in [9.17, 15) is 0 Å². The molecule has 3 heterocycles. The highest BCUT2D eigenvalue weighted by Crippen LogP contribution is 2.38. The fourth-order valence-electron chi connectivity index (χ4n) is 3.32. The molecule has 104 valence electrons. The van der Waals surface area contributed by atoms with Crippen LogP contribution in [0.5, 0.6) is 0 Å². The lowest BCUT2D eigenvalue weighted by molar-refractivity contribution is 0.000263. The van der Waals surface area contributed by atoms with Gasteiger partial charge in [-0.2, -0.15) is 0 Å². The first-order valence-corrected chi connectivity index (χ1v) is 7.53. The lowest BCUT2D eigenvalue weighted by Crippen LogP contribution is -2.23. The number of para-hydroxylation sites is 1. The maximum Gasteiger partial charge on any atom is 0.153 e. The molecule has 0 saturated carbocycles. The molecule has 0 aliphatic carbocycles. The van der Waals surface area contributed by atoms with Gasteiger partial charge in [0.25, 0.3) is 0 Å². The number of benzene rings is 1. The van der Waals surface area contributed by atoms with Crippen LogP contribution in [0.2, 0.25) is 0 Å². The number of alkyl halides is 1. The van der Waals surface area contributed by atoms with Crippen molar-refractivity contribution in [3.63, 3.8) is 0 Å². The summed E-state index contributed by atoms with van der Waals surface area (Å²) in [6.07, 6.45) is 0.135. The van der Waals surface area contributed by atoms with Crippen LogP contribution in [0.25, 0.3) is 5.69 Å². The van der Waals surface area contributed by atoms with Gasteiger partial charge in [0.1, 0.15) is 0 Å². The van der Waals surface area contributed by atoms with Crippen molar-refractivity contribution < 1.29 is 4.74 Å². The predicted molar refractivity (Wildman–Crippen MR) is 79.3 cm³/mol. The van der Waals surface area contributed by atoms with Crippen molar-refractivity contribution in [2.75, 3.05) is 12.4 Å². The van der Waals surface area contributed by atoms with Crippen LogP contribution in [0.3, 0.4) is 0 Å². The molecular weight excluding hydrogens is 272 g/mol. The van der Waals surface area contributed by atoms with Gasteiger partial charge in [0, 0.05) is 24.7 Å². The maximum absolute atomic E-state index is 6.14. The SMILES string of the molecule is Cc1ccc2n1-c1ccccc1CN1CC(CCl)OC21. The second kappa shape index (κ2) is 4.62. The van der Waals surface area contributed by atoms with Gasteiger partial charge in [-0.05, 0) is 30.7 Å². The molecule has 0 bridgehead atoms. The number of fused-ring (bicyclic) bond motifs is 5. The number of hydrogen-bond donors (Lipinski definition) is 0. The summed E-state index contributed by atoms with van der Waals surface area (Å²) in [6, 6.07) is 12.9. The molecular formula is C16H17ClN2O. The molecule has 3 nitrogen and oxygen atoms in total. The quantitative estimate of drug-likeness (QED) is 0.750. The van der Waals surface area contributed by atoms with Crippen LogP contribution in [-0.4, -0.2) is 28.0 Å². The summed E-state index contributed by atoms with van der Waals surface area (Å²) in [5, 5.41) is 0.